The zero-order valence-corrected chi connectivity index (χ0v) is 24.1. The third-order valence-corrected chi connectivity index (χ3v) is 9.49. The Bertz CT molecular complexity index is 994. The number of likely N-dealkylation sites (tertiary alicyclic amines) is 1. The SMILES string of the molecule is CC(C)(C)OC(=O)NC(C(=O)N1C[C@H]2[C@@H](C1C(=O)N[C@@H](CC1CCC1)C(=O)C(N)=O)C2(C)C)C1CCCCC1. The van der Waals surface area contributed by atoms with Gasteiger partial charge in [-0.2, -0.15) is 0 Å². The maximum absolute atomic E-state index is 14.1. The van der Waals surface area contributed by atoms with Crippen LogP contribution in [-0.4, -0.2) is 64.8 Å². The fraction of sp³-hybridized carbons (Fsp3) is 0.828. The number of ketones is 1. The largest absolute Gasteiger partial charge is 0.444 e. The van der Waals surface area contributed by atoms with Crippen LogP contribution in [-0.2, 0) is 23.9 Å². The van der Waals surface area contributed by atoms with Gasteiger partial charge < -0.3 is 26.0 Å². The third kappa shape index (κ3) is 6.40. The van der Waals surface area contributed by atoms with Crippen molar-refractivity contribution in [1.82, 2.24) is 15.5 Å². The minimum Gasteiger partial charge on any atom is -0.444 e. The van der Waals surface area contributed by atoms with Gasteiger partial charge in [0.15, 0.2) is 0 Å². The summed E-state index contributed by atoms with van der Waals surface area (Å²) in [5, 5.41) is 5.66. The van der Waals surface area contributed by atoms with E-state index in [4.69, 9.17) is 10.5 Å². The number of nitrogens with zero attached hydrogens (tertiary/aromatic N) is 1. The highest BCUT2D eigenvalue weighted by molar-refractivity contribution is 6.37. The molecule has 0 bridgehead atoms. The summed E-state index contributed by atoms with van der Waals surface area (Å²) < 4.78 is 5.48. The monoisotopic (exact) mass is 546 g/mol. The Hall–Kier alpha value is -2.65. The first kappa shape index (κ1) is 29.3. The summed E-state index contributed by atoms with van der Waals surface area (Å²) in [6.07, 6.45) is 7.35. The zero-order chi connectivity index (χ0) is 28.7. The minimum atomic E-state index is -1.07. The first-order valence-electron chi connectivity index (χ1n) is 14.6. The van der Waals surface area contributed by atoms with Crippen molar-refractivity contribution in [2.24, 2.45) is 34.8 Å². The van der Waals surface area contributed by atoms with Gasteiger partial charge in [0.25, 0.3) is 5.91 Å². The number of primary amides is 1. The fourth-order valence-corrected chi connectivity index (χ4v) is 7.00. The average molecular weight is 547 g/mol. The molecule has 0 spiro atoms. The molecule has 0 aromatic rings. The normalized spacial score (nSPS) is 27.9. The van der Waals surface area contributed by atoms with Crippen LogP contribution in [0.3, 0.4) is 0 Å². The minimum absolute atomic E-state index is 0.0461. The Morgan fingerprint density at radius 3 is 2.15 bits per heavy atom. The molecular weight excluding hydrogens is 500 g/mol. The van der Waals surface area contributed by atoms with Crippen molar-refractivity contribution in [3.8, 4) is 0 Å². The van der Waals surface area contributed by atoms with E-state index in [1.807, 2.05) is 0 Å². The van der Waals surface area contributed by atoms with Crippen LogP contribution in [0.4, 0.5) is 4.79 Å². The quantitative estimate of drug-likeness (QED) is 0.379. The molecule has 4 amide bonds. The molecular formula is C29H46N4O6. The van der Waals surface area contributed by atoms with Gasteiger partial charge in [-0.25, -0.2) is 4.79 Å². The van der Waals surface area contributed by atoms with E-state index in [9.17, 15) is 24.0 Å². The standard InChI is InChI=1S/C29H46N4O6/c1-28(2,3)39-27(38)32-21(17-12-7-6-8-13-17)26(37)33-15-18-20(29(18,4)5)22(33)25(36)31-19(23(34)24(30)35)14-16-10-9-11-16/h16-22H,6-15H2,1-5H3,(H2,30,35)(H,31,36)(H,32,38)/t18-,19-,20-,21?,22?/m0/s1. The molecule has 4 fully saturated rings. The molecule has 4 rings (SSSR count). The van der Waals surface area contributed by atoms with Crippen LogP contribution in [0.15, 0.2) is 0 Å². The molecule has 1 aliphatic heterocycles. The van der Waals surface area contributed by atoms with Crippen LogP contribution in [0.25, 0.3) is 0 Å². The summed E-state index contributed by atoms with van der Waals surface area (Å²) in [6, 6.07) is -2.57. The number of hydrogen-bond acceptors (Lipinski definition) is 6. The highest BCUT2D eigenvalue weighted by Gasteiger charge is 2.69. The molecule has 10 nitrogen and oxygen atoms in total. The summed E-state index contributed by atoms with van der Waals surface area (Å²) in [7, 11) is 0. The summed E-state index contributed by atoms with van der Waals surface area (Å²) in [5.41, 5.74) is 4.47. The smallest absolute Gasteiger partial charge is 0.408 e. The number of rotatable bonds is 9. The second-order valence-corrected chi connectivity index (χ2v) is 13.7. The molecule has 10 heteroatoms. The Labute approximate surface area is 231 Å². The lowest BCUT2D eigenvalue weighted by Crippen LogP contribution is -2.60. The van der Waals surface area contributed by atoms with Crippen molar-refractivity contribution in [2.75, 3.05) is 6.54 Å². The molecule has 2 unspecified atom stereocenters. The van der Waals surface area contributed by atoms with E-state index in [-0.39, 0.29) is 35.0 Å². The van der Waals surface area contributed by atoms with Gasteiger partial charge in [0.2, 0.25) is 17.6 Å². The molecule has 218 valence electrons. The summed E-state index contributed by atoms with van der Waals surface area (Å²) in [6.45, 7) is 9.89. The number of piperidine rings is 1. The number of ether oxygens (including phenoxy) is 1. The summed E-state index contributed by atoms with van der Waals surface area (Å²) in [5.74, 6) is -2.29. The Kier molecular flexibility index (Phi) is 8.34. The molecule has 0 aromatic carbocycles. The number of carbonyl (C=O) groups is 5. The topological polar surface area (TPSA) is 148 Å². The molecule has 4 aliphatic rings. The van der Waals surface area contributed by atoms with Gasteiger partial charge in [0.05, 0.1) is 6.04 Å². The lowest BCUT2D eigenvalue weighted by atomic mass is 9.80. The van der Waals surface area contributed by atoms with E-state index >= 15 is 0 Å². The maximum atomic E-state index is 14.1. The van der Waals surface area contributed by atoms with Gasteiger partial charge in [-0.15, -0.1) is 0 Å². The Morgan fingerprint density at radius 1 is 0.974 bits per heavy atom. The molecule has 3 aliphatic carbocycles. The van der Waals surface area contributed by atoms with Crippen molar-refractivity contribution in [3.05, 3.63) is 0 Å². The van der Waals surface area contributed by atoms with Crippen LogP contribution < -0.4 is 16.4 Å². The molecule has 1 heterocycles. The van der Waals surface area contributed by atoms with Gasteiger partial charge >= 0.3 is 6.09 Å². The van der Waals surface area contributed by atoms with Gasteiger partial charge in [-0.05, 0) is 69.1 Å². The van der Waals surface area contributed by atoms with Crippen LogP contribution in [0.1, 0.15) is 92.4 Å². The van der Waals surface area contributed by atoms with Crippen LogP contribution in [0, 0.1) is 29.1 Å². The molecule has 5 atom stereocenters. The van der Waals surface area contributed by atoms with Crippen molar-refractivity contribution < 1.29 is 28.7 Å². The second kappa shape index (κ2) is 11.1. The van der Waals surface area contributed by atoms with Gasteiger partial charge in [-0.3, -0.25) is 19.2 Å². The van der Waals surface area contributed by atoms with Gasteiger partial charge in [0.1, 0.15) is 17.7 Å². The van der Waals surface area contributed by atoms with Gasteiger partial charge in [0, 0.05) is 6.54 Å². The van der Waals surface area contributed by atoms with Crippen molar-refractivity contribution >= 4 is 29.6 Å². The zero-order valence-electron chi connectivity index (χ0n) is 24.1. The Morgan fingerprint density at radius 2 is 1.62 bits per heavy atom. The number of hydrogen-bond donors (Lipinski definition) is 3. The lowest BCUT2D eigenvalue weighted by Gasteiger charge is -2.37. The van der Waals surface area contributed by atoms with Crippen LogP contribution in [0.5, 0.6) is 0 Å². The van der Waals surface area contributed by atoms with Crippen molar-refractivity contribution in [3.63, 3.8) is 0 Å². The highest BCUT2D eigenvalue weighted by atomic mass is 16.6. The van der Waals surface area contributed by atoms with E-state index in [1.54, 1.807) is 25.7 Å². The molecule has 1 saturated heterocycles. The summed E-state index contributed by atoms with van der Waals surface area (Å²) in [4.78, 5) is 66.7. The van der Waals surface area contributed by atoms with E-state index in [0.717, 1.165) is 51.4 Å². The third-order valence-electron chi connectivity index (χ3n) is 9.49. The number of nitrogens with two attached hydrogens (primary N) is 1. The highest BCUT2D eigenvalue weighted by Crippen LogP contribution is 2.65. The second-order valence-electron chi connectivity index (χ2n) is 13.7. The predicted molar refractivity (Wildman–Crippen MR) is 144 cm³/mol. The van der Waals surface area contributed by atoms with E-state index in [0.29, 0.717) is 13.0 Å². The molecule has 3 saturated carbocycles. The van der Waals surface area contributed by atoms with Gasteiger partial charge in [-0.1, -0.05) is 52.4 Å². The molecule has 4 N–H and O–H groups in total. The number of carbonyl (C=O) groups excluding carboxylic acids is 5. The first-order valence-corrected chi connectivity index (χ1v) is 14.6. The average Bonchev–Trinajstić information content (AvgIpc) is 3.15. The number of nitrogens with one attached hydrogen (secondary N) is 2. The maximum Gasteiger partial charge on any atom is 0.408 e. The molecule has 0 aromatic heterocycles. The van der Waals surface area contributed by atoms with Crippen molar-refractivity contribution in [1.29, 1.82) is 0 Å². The molecule has 39 heavy (non-hydrogen) atoms. The Balaban J connectivity index is 1.55. The van der Waals surface area contributed by atoms with E-state index in [2.05, 4.69) is 24.5 Å². The predicted octanol–water partition coefficient (Wildman–Crippen LogP) is 2.67. The lowest BCUT2D eigenvalue weighted by molar-refractivity contribution is -0.144. The van der Waals surface area contributed by atoms with Crippen molar-refractivity contribution in [2.45, 2.75) is 116 Å². The first-order chi connectivity index (χ1) is 18.2. The van der Waals surface area contributed by atoms with E-state index < -0.39 is 47.4 Å². The van der Waals surface area contributed by atoms with E-state index in [1.165, 1.54) is 0 Å². The number of alkyl carbamates (subject to hydrolysis) is 1. The number of amides is 4. The fourth-order valence-electron chi connectivity index (χ4n) is 7.00. The summed E-state index contributed by atoms with van der Waals surface area (Å²) >= 11 is 0. The number of fused-ring (bicyclic) bond motifs is 1. The molecule has 0 radical (unpaired) electrons. The van der Waals surface area contributed by atoms with Crippen LogP contribution in [0.2, 0.25) is 0 Å². The van der Waals surface area contributed by atoms with Crippen LogP contribution >= 0.6 is 0 Å². The number of Topliss-reactive ketones (excluding diaryl/α,β-unsaturated/α-hetero) is 1.